The number of benzene rings is 1. The van der Waals surface area contributed by atoms with Crippen molar-refractivity contribution in [1.29, 1.82) is 0 Å². The van der Waals surface area contributed by atoms with Gasteiger partial charge in [0.2, 0.25) is 0 Å². The molecule has 1 fully saturated rings. The number of hydrogen-bond acceptors (Lipinski definition) is 3. The summed E-state index contributed by atoms with van der Waals surface area (Å²) < 4.78 is 0. The van der Waals surface area contributed by atoms with Gasteiger partial charge in [-0.15, -0.1) is 0 Å². The zero-order valence-corrected chi connectivity index (χ0v) is 12.0. The summed E-state index contributed by atoms with van der Waals surface area (Å²) in [5.74, 6) is -1.66. The monoisotopic (exact) mass is 297 g/mol. The van der Waals surface area contributed by atoms with Gasteiger partial charge >= 0.3 is 5.97 Å². The Hall–Kier alpha value is -1.59. The zero-order chi connectivity index (χ0) is 15.1. The SMILES string of the molecule is CC1(C)CN(C(=O)C(O)c2ccc(Cl)cc2)C1C(=O)O. The summed E-state index contributed by atoms with van der Waals surface area (Å²) in [4.78, 5) is 24.6. The third-order valence-electron chi connectivity index (χ3n) is 3.57. The van der Waals surface area contributed by atoms with E-state index in [1.54, 1.807) is 38.1 Å². The lowest BCUT2D eigenvalue weighted by molar-refractivity contribution is -0.176. The summed E-state index contributed by atoms with van der Waals surface area (Å²) in [5, 5.41) is 19.7. The summed E-state index contributed by atoms with van der Waals surface area (Å²) in [6.45, 7) is 3.88. The van der Waals surface area contributed by atoms with E-state index >= 15 is 0 Å². The Balaban J connectivity index is 2.16. The van der Waals surface area contributed by atoms with Crippen molar-refractivity contribution in [3.05, 3.63) is 34.9 Å². The van der Waals surface area contributed by atoms with Gasteiger partial charge in [-0.05, 0) is 17.7 Å². The van der Waals surface area contributed by atoms with Crippen molar-refractivity contribution in [2.24, 2.45) is 5.41 Å². The van der Waals surface area contributed by atoms with Crippen molar-refractivity contribution in [3.63, 3.8) is 0 Å². The highest BCUT2D eigenvalue weighted by molar-refractivity contribution is 6.30. The van der Waals surface area contributed by atoms with Gasteiger partial charge in [0.15, 0.2) is 6.10 Å². The van der Waals surface area contributed by atoms with Crippen LogP contribution in [0.25, 0.3) is 0 Å². The number of carboxylic acid groups (broad SMARTS) is 1. The average Bonchev–Trinajstić information content (AvgIpc) is 2.34. The van der Waals surface area contributed by atoms with Gasteiger partial charge in [-0.1, -0.05) is 37.6 Å². The Morgan fingerprint density at radius 1 is 1.35 bits per heavy atom. The number of carbonyl (C=O) groups is 2. The third kappa shape index (κ3) is 2.51. The molecule has 108 valence electrons. The molecule has 0 aromatic heterocycles. The summed E-state index contributed by atoms with van der Waals surface area (Å²) in [6, 6.07) is 5.33. The van der Waals surface area contributed by atoms with Crippen LogP contribution in [0.1, 0.15) is 25.5 Å². The molecule has 2 atom stereocenters. The predicted octanol–water partition coefficient (Wildman–Crippen LogP) is 1.70. The van der Waals surface area contributed by atoms with E-state index in [-0.39, 0.29) is 0 Å². The van der Waals surface area contributed by atoms with Gasteiger partial charge in [0, 0.05) is 17.0 Å². The lowest BCUT2D eigenvalue weighted by Gasteiger charge is -2.52. The highest BCUT2D eigenvalue weighted by atomic mass is 35.5. The number of aliphatic hydroxyl groups excluding tert-OH is 1. The van der Waals surface area contributed by atoms with Crippen molar-refractivity contribution in [2.75, 3.05) is 6.54 Å². The van der Waals surface area contributed by atoms with Crippen LogP contribution in [-0.4, -0.2) is 39.6 Å². The molecule has 2 unspecified atom stereocenters. The third-order valence-corrected chi connectivity index (χ3v) is 3.82. The van der Waals surface area contributed by atoms with Gasteiger partial charge in [-0.2, -0.15) is 0 Å². The van der Waals surface area contributed by atoms with Crippen LogP contribution in [0.15, 0.2) is 24.3 Å². The van der Waals surface area contributed by atoms with Crippen LogP contribution >= 0.6 is 11.6 Å². The van der Waals surface area contributed by atoms with Gasteiger partial charge in [-0.25, -0.2) is 4.79 Å². The molecule has 1 amide bonds. The van der Waals surface area contributed by atoms with E-state index in [1.807, 2.05) is 0 Å². The van der Waals surface area contributed by atoms with Gasteiger partial charge in [-0.3, -0.25) is 4.79 Å². The minimum atomic E-state index is -1.37. The minimum absolute atomic E-state index is 0.313. The van der Waals surface area contributed by atoms with Crippen molar-refractivity contribution >= 4 is 23.5 Å². The van der Waals surface area contributed by atoms with E-state index in [2.05, 4.69) is 0 Å². The van der Waals surface area contributed by atoms with Crippen molar-refractivity contribution in [1.82, 2.24) is 4.90 Å². The van der Waals surface area contributed by atoms with Crippen LogP contribution in [0.2, 0.25) is 5.02 Å². The lowest BCUT2D eigenvalue weighted by atomic mass is 9.74. The van der Waals surface area contributed by atoms with Crippen molar-refractivity contribution < 1.29 is 19.8 Å². The number of aliphatic carboxylic acids is 1. The summed E-state index contributed by atoms with van der Waals surface area (Å²) in [7, 11) is 0. The first kappa shape index (κ1) is 14.8. The summed E-state index contributed by atoms with van der Waals surface area (Å²) >= 11 is 5.74. The Morgan fingerprint density at radius 3 is 2.35 bits per heavy atom. The molecule has 1 aliphatic heterocycles. The Bertz CT molecular complexity index is 541. The first-order valence-electron chi connectivity index (χ1n) is 6.21. The van der Waals surface area contributed by atoms with E-state index in [1.165, 1.54) is 4.90 Å². The first-order chi connectivity index (χ1) is 9.24. The maximum atomic E-state index is 12.2. The summed E-state index contributed by atoms with van der Waals surface area (Å²) in [6.07, 6.45) is -1.37. The van der Waals surface area contributed by atoms with Crippen LogP contribution in [0.5, 0.6) is 0 Å². The molecule has 0 radical (unpaired) electrons. The highest BCUT2D eigenvalue weighted by Gasteiger charge is 2.53. The number of halogens is 1. The lowest BCUT2D eigenvalue weighted by Crippen LogP contribution is -2.67. The molecule has 1 saturated heterocycles. The smallest absolute Gasteiger partial charge is 0.327 e. The van der Waals surface area contributed by atoms with E-state index in [9.17, 15) is 19.8 Å². The normalized spacial score (nSPS) is 22.0. The molecule has 6 heteroatoms. The molecule has 5 nitrogen and oxygen atoms in total. The zero-order valence-electron chi connectivity index (χ0n) is 11.2. The fourth-order valence-electron chi connectivity index (χ4n) is 2.54. The second kappa shape index (κ2) is 5.07. The number of carboxylic acids is 1. The topological polar surface area (TPSA) is 77.8 Å². The molecular formula is C14H16ClNO4. The van der Waals surface area contributed by atoms with E-state index in [4.69, 9.17) is 11.6 Å². The highest BCUT2D eigenvalue weighted by Crippen LogP contribution is 2.38. The number of likely N-dealkylation sites (tertiary alicyclic amines) is 1. The molecule has 1 aromatic carbocycles. The number of nitrogens with zero attached hydrogens (tertiary/aromatic N) is 1. The van der Waals surface area contributed by atoms with Gasteiger partial charge in [0.25, 0.3) is 5.91 Å². The van der Waals surface area contributed by atoms with Gasteiger partial charge in [0.1, 0.15) is 6.04 Å². The van der Waals surface area contributed by atoms with E-state index < -0.39 is 29.4 Å². The Morgan fingerprint density at radius 2 is 1.90 bits per heavy atom. The Kier molecular flexibility index (Phi) is 3.75. The predicted molar refractivity (Wildman–Crippen MR) is 73.3 cm³/mol. The maximum Gasteiger partial charge on any atom is 0.327 e. The van der Waals surface area contributed by atoms with Gasteiger partial charge < -0.3 is 15.1 Å². The van der Waals surface area contributed by atoms with Crippen molar-refractivity contribution in [3.8, 4) is 0 Å². The quantitative estimate of drug-likeness (QED) is 0.890. The minimum Gasteiger partial charge on any atom is -0.480 e. The molecule has 2 N–H and O–H groups in total. The van der Waals surface area contributed by atoms with Crippen LogP contribution in [0.4, 0.5) is 0 Å². The standard InChI is InChI=1S/C14H16ClNO4/c1-14(2)7-16(11(14)13(19)20)12(18)10(17)8-3-5-9(15)6-4-8/h3-6,10-11,17H,7H2,1-2H3,(H,19,20). The van der Waals surface area contributed by atoms with Gasteiger partial charge in [0.05, 0.1) is 0 Å². The first-order valence-corrected chi connectivity index (χ1v) is 6.58. The second-order valence-corrected chi connectivity index (χ2v) is 6.09. The molecular weight excluding hydrogens is 282 g/mol. The maximum absolute atomic E-state index is 12.2. The number of carbonyl (C=O) groups excluding carboxylic acids is 1. The second-order valence-electron chi connectivity index (χ2n) is 5.65. The number of aliphatic hydroxyl groups is 1. The molecule has 0 spiro atoms. The van der Waals surface area contributed by atoms with E-state index in [0.29, 0.717) is 17.1 Å². The molecule has 0 bridgehead atoms. The van der Waals surface area contributed by atoms with E-state index in [0.717, 1.165) is 0 Å². The van der Waals surface area contributed by atoms with Crippen molar-refractivity contribution in [2.45, 2.75) is 26.0 Å². The van der Waals surface area contributed by atoms with Crippen LogP contribution in [-0.2, 0) is 9.59 Å². The fourth-order valence-corrected chi connectivity index (χ4v) is 2.67. The number of amides is 1. The average molecular weight is 298 g/mol. The largest absolute Gasteiger partial charge is 0.480 e. The number of rotatable bonds is 3. The molecule has 1 aliphatic rings. The summed E-state index contributed by atoms with van der Waals surface area (Å²) in [5.41, 5.74) is -0.0884. The molecule has 1 aromatic rings. The molecule has 1 heterocycles. The molecule has 0 aliphatic carbocycles. The molecule has 20 heavy (non-hydrogen) atoms. The molecule has 0 saturated carbocycles. The van der Waals surface area contributed by atoms with Crippen LogP contribution in [0, 0.1) is 5.41 Å². The molecule has 2 rings (SSSR count). The fraction of sp³-hybridized carbons (Fsp3) is 0.429. The number of hydrogen-bond donors (Lipinski definition) is 2. The van der Waals surface area contributed by atoms with Crippen LogP contribution < -0.4 is 0 Å². The Labute approximate surface area is 121 Å². The van der Waals surface area contributed by atoms with Crippen LogP contribution in [0.3, 0.4) is 0 Å².